The monoisotopic (exact) mass is 366 g/mol. The number of carbonyl (C=O) groups excluding carboxylic acids is 1. The minimum atomic E-state index is -0.453. The lowest BCUT2D eigenvalue weighted by molar-refractivity contribution is -0.0349. The van der Waals surface area contributed by atoms with Crippen molar-refractivity contribution in [2.45, 2.75) is 38.3 Å². The molecule has 0 unspecified atom stereocenters. The number of alkyl carbamates (subject to hydrolysis) is 1. The Bertz CT molecular complexity index is 536. The normalized spacial score (nSPS) is 27.5. The SMILES string of the molecule is CC(C)(NC(=O)O[C@@H]1CN2CCC1CC2)c1ccc(Br)cc1. The largest absolute Gasteiger partial charge is 0.445 e. The molecule has 1 N–H and O–H groups in total. The molecule has 1 aromatic rings. The molecule has 1 aromatic carbocycles. The van der Waals surface area contributed by atoms with Gasteiger partial charge in [0.15, 0.2) is 0 Å². The molecule has 0 aliphatic carbocycles. The van der Waals surface area contributed by atoms with Gasteiger partial charge < -0.3 is 10.1 Å². The van der Waals surface area contributed by atoms with E-state index in [1.54, 1.807) is 0 Å². The maximum absolute atomic E-state index is 12.3. The van der Waals surface area contributed by atoms with E-state index in [2.05, 4.69) is 26.1 Å². The Balaban J connectivity index is 1.60. The summed E-state index contributed by atoms with van der Waals surface area (Å²) in [6.07, 6.45) is 2.03. The van der Waals surface area contributed by atoms with E-state index in [4.69, 9.17) is 4.74 Å². The van der Waals surface area contributed by atoms with Crippen molar-refractivity contribution in [3.63, 3.8) is 0 Å². The highest BCUT2D eigenvalue weighted by molar-refractivity contribution is 9.10. The van der Waals surface area contributed by atoms with E-state index in [1.165, 1.54) is 0 Å². The minimum Gasteiger partial charge on any atom is -0.445 e. The Kier molecular flexibility index (Phi) is 4.46. The van der Waals surface area contributed by atoms with Crippen molar-refractivity contribution in [1.82, 2.24) is 10.2 Å². The second-order valence-corrected chi connectivity index (χ2v) is 7.75. The molecule has 5 heteroatoms. The zero-order chi connectivity index (χ0) is 15.7. The molecule has 120 valence electrons. The number of piperidine rings is 3. The van der Waals surface area contributed by atoms with E-state index >= 15 is 0 Å². The third kappa shape index (κ3) is 3.46. The summed E-state index contributed by atoms with van der Waals surface area (Å²) in [5, 5.41) is 3.00. The molecule has 3 aliphatic heterocycles. The number of halogens is 1. The van der Waals surface area contributed by atoms with Crippen LogP contribution in [0.15, 0.2) is 28.7 Å². The van der Waals surface area contributed by atoms with E-state index in [1.807, 2.05) is 38.1 Å². The third-order valence-electron chi connectivity index (χ3n) is 4.84. The zero-order valence-corrected chi connectivity index (χ0v) is 14.7. The number of rotatable bonds is 3. The lowest BCUT2D eigenvalue weighted by Gasteiger charge is -2.44. The number of hydrogen-bond donors (Lipinski definition) is 1. The lowest BCUT2D eigenvalue weighted by Crippen LogP contribution is -2.53. The van der Waals surface area contributed by atoms with E-state index in [-0.39, 0.29) is 12.2 Å². The van der Waals surface area contributed by atoms with Gasteiger partial charge in [-0.25, -0.2) is 4.79 Å². The number of amides is 1. The number of fused-ring (bicyclic) bond motifs is 3. The molecule has 4 nitrogen and oxygen atoms in total. The molecule has 0 spiro atoms. The first kappa shape index (κ1) is 15.8. The maximum atomic E-state index is 12.3. The van der Waals surface area contributed by atoms with Gasteiger partial charge in [-0.15, -0.1) is 0 Å². The molecule has 2 bridgehead atoms. The number of carbonyl (C=O) groups is 1. The predicted molar refractivity (Wildman–Crippen MR) is 89.7 cm³/mol. The van der Waals surface area contributed by atoms with Crippen LogP contribution in [0.3, 0.4) is 0 Å². The van der Waals surface area contributed by atoms with Crippen LogP contribution < -0.4 is 5.32 Å². The molecule has 1 atom stereocenters. The molecule has 3 fully saturated rings. The van der Waals surface area contributed by atoms with E-state index in [9.17, 15) is 4.79 Å². The molecule has 4 rings (SSSR count). The molecular formula is C17H23BrN2O2. The number of ether oxygens (including phenoxy) is 1. The highest BCUT2D eigenvalue weighted by Gasteiger charge is 2.37. The summed E-state index contributed by atoms with van der Waals surface area (Å²) in [4.78, 5) is 14.7. The van der Waals surface area contributed by atoms with Crippen molar-refractivity contribution in [3.8, 4) is 0 Å². The summed E-state index contributed by atoms with van der Waals surface area (Å²) in [5.74, 6) is 0.534. The molecule has 1 amide bonds. The molecule has 3 heterocycles. The summed E-state index contributed by atoms with van der Waals surface area (Å²) in [7, 11) is 0. The Hall–Kier alpha value is -1.07. The molecule has 3 saturated heterocycles. The van der Waals surface area contributed by atoms with Gasteiger partial charge in [0, 0.05) is 11.0 Å². The molecule has 0 saturated carbocycles. The minimum absolute atomic E-state index is 0.0446. The summed E-state index contributed by atoms with van der Waals surface area (Å²) >= 11 is 3.43. The van der Waals surface area contributed by atoms with Crippen molar-refractivity contribution in [1.29, 1.82) is 0 Å². The van der Waals surface area contributed by atoms with Crippen LogP contribution in [0.2, 0.25) is 0 Å². The third-order valence-corrected chi connectivity index (χ3v) is 5.36. The van der Waals surface area contributed by atoms with E-state index < -0.39 is 5.54 Å². The highest BCUT2D eigenvalue weighted by atomic mass is 79.9. The van der Waals surface area contributed by atoms with Crippen molar-refractivity contribution < 1.29 is 9.53 Å². The average Bonchev–Trinajstić information content (AvgIpc) is 2.48. The van der Waals surface area contributed by atoms with Gasteiger partial charge >= 0.3 is 6.09 Å². The first-order valence-electron chi connectivity index (χ1n) is 7.91. The van der Waals surface area contributed by atoms with Gasteiger partial charge in [-0.05, 0) is 63.4 Å². The van der Waals surface area contributed by atoms with Gasteiger partial charge in [-0.1, -0.05) is 28.1 Å². The van der Waals surface area contributed by atoms with Crippen LogP contribution in [0, 0.1) is 5.92 Å². The number of nitrogens with one attached hydrogen (secondary N) is 1. The molecular weight excluding hydrogens is 344 g/mol. The lowest BCUT2D eigenvalue weighted by atomic mass is 9.86. The summed E-state index contributed by atoms with van der Waals surface area (Å²) < 4.78 is 6.73. The molecule has 0 radical (unpaired) electrons. The molecule has 22 heavy (non-hydrogen) atoms. The van der Waals surface area contributed by atoms with E-state index in [0.29, 0.717) is 5.92 Å². The number of benzene rings is 1. The number of hydrogen-bond acceptors (Lipinski definition) is 3. The van der Waals surface area contributed by atoms with Crippen LogP contribution >= 0.6 is 15.9 Å². The Morgan fingerprint density at radius 2 is 1.91 bits per heavy atom. The van der Waals surface area contributed by atoms with Crippen LogP contribution in [-0.4, -0.2) is 36.7 Å². The van der Waals surface area contributed by atoms with Crippen LogP contribution in [0.4, 0.5) is 4.79 Å². The fraction of sp³-hybridized carbons (Fsp3) is 0.588. The Labute approximate surface area is 140 Å². The van der Waals surface area contributed by atoms with Crippen molar-refractivity contribution in [2.24, 2.45) is 5.92 Å². The van der Waals surface area contributed by atoms with Crippen LogP contribution in [0.1, 0.15) is 32.3 Å². The number of nitrogens with zero attached hydrogens (tertiary/aromatic N) is 1. The van der Waals surface area contributed by atoms with E-state index in [0.717, 1.165) is 42.5 Å². The predicted octanol–water partition coefficient (Wildman–Crippen LogP) is 3.50. The second kappa shape index (κ2) is 6.20. The fourth-order valence-electron chi connectivity index (χ4n) is 3.41. The first-order chi connectivity index (χ1) is 10.4. The van der Waals surface area contributed by atoms with Crippen LogP contribution in [-0.2, 0) is 10.3 Å². The van der Waals surface area contributed by atoms with Crippen molar-refractivity contribution in [2.75, 3.05) is 19.6 Å². The second-order valence-electron chi connectivity index (χ2n) is 6.84. The first-order valence-corrected chi connectivity index (χ1v) is 8.70. The van der Waals surface area contributed by atoms with Crippen molar-refractivity contribution >= 4 is 22.0 Å². The zero-order valence-electron chi connectivity index (χ0n) is 13.1. The standard InChI is InChI=1S/C17H23BrN2O2/c1-17(2,13-3-5-14(18)6-4-13)19-16(21)22-15-11-20-9-7-12(15)8-10-20/h3-6,12,15H,7-11H2,1-2H3,(H,19,21)/t15-/m1/s1. The van der Waals surface area contributed by atoms with Gasteiger partial charge in [0.25, 0.3) is 0 Å². The average molecular weight is 367 g/mol. The van der Waals surface area contributed by atoms with Gasteiger partial charge in [-0.2, -0.15) is 0 Å². The smallest absolute Gasteiger partial charge is 0.408 e. The van der Waals surface area contributed by atoms with Gasteiger partial charge in [0.2, 0.25) is 0 Å². The van der Waals surface area contributed by atoms with Crippen LogP contribution in [0.25, 0.3) is 0 Å². The van der Waals surface area contributed by atoms with Crippen molar-refractivity contribution in [3.05, 3.63) is 34.3 Å². The molecule has 3 aliphatic rings. The van der Waals surface area contributed by atoms with Gasteiger partial charge in [0.1, 0.15) is 6.10 Å². The summed E-state index contributed by atoms with van der Waals surface area (Å²) in [5.41, 5.74) is 0.604. The van der Waals surface area contributed by atoms with Gasteiger partial charge in [-0.3, -0.25) is 4.90 Å². The molecule has 0 aromatic heterocycles. The Morgan fingerprint density at radius 3 is 2.45 bits per heavy atom. The summed E-state index contributed by atoms with van der Waals surface area (Å²) in [6.45, 7) is 7.17. The Morgan fingerprint density at radius 1 is 1.27 bits per heavy atom. The topological polar surface area (TPSA) is 41.6 Å². The quantitative estimate of drug-likeness (QED) is 0.889. The fourth-order valence-corrected chi connectivity index (χ4v) is 3.67. The van der Waals surface area contributed by atoms with Crippen LogP contribution in [0.5, 0.6) is 0 Å². The highest BCUT2D eigenvalue weighted by Crippen LogP contribution is 2.30. The summed E-state index contributed by atoms with van der Waals surface area (Å²) in [6, 6.07) is 7.99. The van der Waals surface area contributed by atoms with Gasteiger partial charge in [0.05, 0.1) is 5.54 Å². The maximum Gasteiger partial charge on any atom is 0.408 e.